The van der Waals surface area contributed by atoms with Crippen LogP contribution in [0.5, 0.6) is 0 Å². The van der Waals surface area contributed by atoms with E-state index in [-0.39, 0.29) is 17.5 Å². The third-order valence-corrected chi connectivity index (χ3v) is 4.42. The maximum atomic E-state index is 12.9. The maximum absolute atomic E-state index is 12.9. The van der Waals surface area contributed by atoms with E-state index in [4.69, 9.17) is 5.10 Å². The van der Waals surface area contributed by atoms with Gasteiger partial charge in [-0.1, -0.05) is 0 Å². The average Bonchev–Trinajstić information content (AvgIpc) is 3.04. The molecule has 0 saturated heterocycles. The molecule has 0 bridgehead atoms. The highest BCUT2D eigenvalue weighted by molar-refractivity contribution is 7.10. The number of hydrogen-bond donors (Lipinski definition) is 1. The number of hydrogen-bond acceptors (Lipinski definition) is 3. The topological polar surface area (TPSA) is 29.9 Å². The first kappa shape index (κ1) is 16.5. The van der Waals surface area contributed by atoms with Crippen LogP contribution in [-0.2, 0) is 13.1 Å². The minimum atomic E-state index is -0.120. The van der Waals surface area contributed by atoms with E-state index in [2.05, 4.69) is 29.9 Å². The first-order valence-corrected chi connectivity index (χ1v) is 7.98. The molecule has 0 radical (unpaired) electrons. The Labute approximate surface area is 135 Å². The first-order valence-electron chi connectivity index (χ1n) is 7.16. The van der Waals surface area contributed by atoms with Crippen LogP contribution in [0.4, 0.5) is 4.39 Å². The van der Waals surface area contributed by atoms with E-state index in [1.807, 2.05) is 6.07 Å². The molecule has 21 heavy (non-hydrogen) atoms. The molecule has 0 spiro atoms. The summed E-state index contributed by atoms with van der Waals surface area (Å²) in [6.07, 6.45) is 2.55. The fraction of sp³-hybridized carbons (Fsp3) is 0.533. The standard InChI is InChI=1S/C15H20FN3S.ClH/c1-10(2)19-12(7-14(18-19)11-3-4-11)8-17-9-13-5-6-15(16)20-13;/h5-7,10-11,17H,3-4,8-9H2,1-2H3;1H. The molecule has 1 fully saturated rings. The van der Waals surface area contributed by atoms with Crippen LogP contribution in [-0.4, -0.2) is 9.78 Å². The van der Waals surface area contributed by atoms with Crippen molar-refractivity contribution < 1.29 is 4.39 Å². The Kier molecular flexibility index (Phi) is 5.41. The second-order valence-corrected chi connectivity index (χ2v) is 6.80. The number of aromatic nitrogens is 2. The van der Waals surface area contributed by atoms with E-state index in [1.165, 1.54) is 41.6 Å². The van der Waals surface area contributed by atoms with Crippen LogP contribution in [0.2, 0.25) is 0 Å². The summed E-state index contributed by atoms with van der Waals surface area (Å²) in [5.74, 6) is 0.681. The summed E-state index contributed by atoms with van der Waals surface area (Å²) < 4.78 is 15.0. The number of rotatable bonds is 6. The van der Waals surface area contributed by atoms with Crippen LogP contribution in [0.1, 0.15) is 54.9 Å². The summed E-state index contributed by atoms with van der Waals surface area (Å²) in [6, 6.07) is 5.95. The highest BCUT2D eigenvalue weighted by atomic mass is 35.5. The smallest absolute Gasteiger partial charge is 0.176 e. The summed E-state index contributed by atoms with van der Waals surface area (Å²) in [6.45, 7) is 5.79. The van der Waals surface area contributed by atoms with Crippen LogP contribution in [0.15, 0.2) is 18.2 Å². The van der Waals surface area contributed by atoms with Crippen LogP contribution in [0.25, 0.3) is 0 Å². The van der Waals surface area contributed by atoms with Crippen molar-refractivity contribution >= 4 is 23.7 Å². The lowest BCUT2D eigenvalue weighted by Gasteiger charge is -2.11. The largest absolute Gasteiger partial charge is 0.306 e. The van der Waals surface area contributed by atoms with E-state index >= 15 is 0 Å². The van der Waals surface area contributed by atoms with Gasteiger partial charge in [0.1, 0.15) is 0 Å². The van der Waals surface area contributed by atoms with Gasteiger partial charge in [0.2, 0.25) is 0 Å². The Morgan fingerprint density at radius 2 is 2.14 bits per heavy atom. The number of nitrogens with zero attached hydrogens (tertiary/aromatic N) is 2. The molecule has 1 saturated carbocycles. The monoisotopic (exact) mass is 329 g/mol. The van der Waals surface area contributed by atoms with Crippen molar-refractivity contribution in [3.63, 3.8) is 0 Å². The highest BCUT2D eigenvalue weighted by Crippen LogP contribution is 2.39. The van der Waals surface area contributed by atoms with Gasteiger partial charge in [-0.25, -0.2) is 0 Å². The first-order chi connectivity index (χ1) is 9.63. The van der Waals surface area contributed by atoms with E-state index in [9.17, 15) is 4.39 Å². The summed E-state index contributed by atoms with van der Waals surface area (Å²) in [5.41, 5.74) is 2.46. The van der Waals surface area contributed by atoms with Crippen LogP contribution in [0, 0.1) is 5.13 Å². The summed E-state index contributed by atoms with van der Waals surface area (Å²) in [4.78, 5) is 1.03. The Bertz CT molecular complexity index is 590. The molecule has 0 atom stereocenters. The molecule has 0 unspecified atom stereocenters. The second kappa shape index (κ2) is 6.90. The van der Waals surface area contributed by atoms with Gasteiger partial charge >= 0.3 is 0 Å². The zero-order valence-electron chi connectivity index (χ0n) is 12.3. The number of thiophene rings is 1. The average molecular weight is 330 g/mol. The lowest BCUT2D eigenvalue weighted by molar-refractivity contribution is 0.492. The summed E-state index contributed by atoms with van der Waals surface area (Å²) >= 11 is 1.20. The quantitative estimate of drug-likeness (QED) is 0.858. The van der Waals surface area contributed by atoms with Crippen molar-refractivity contribution in [1.29, 1.82) is 0 Å². The lowest BCUT2D eigenvalue weighted by Crippen LogP contribution is -2.17. The molecule has 2 heterocycles. The Morgan fingerprint density at radius 1 is 1.38 bits per heavy atom. The molecule has 2 aromatic heterocycles. The second-order valence-electron chi connectivity index (χ2n) is 5.68. The van der Waals surface area contributed by atoms with E-state index in [0.29, 0.717) is 18.5 Å². The predicted molar refractivity (Wildman–Crippen MR) is 86.7 cm³/mol. The lowest BCUT2D eigenvalue weighted by atomic mass is 10.2. The van der Waals surface area contributed by atoms with Crippen molar-refractivity contribution in [3.05, 3.63) is 39.6 Å². The van der Waals surface area contributed by atoms with E-state index < -0.39 is 0 Å². The van der Waals surface area contributed by atoms with Gasteiger partial charge in [-0.15, -0.1) is 23.7 Å². The molecule has 1 aliphatic rings. The number of nitrogens with one attached hydrogen (secondary N) is 1. The molecule has 1 aliphatic carbocycles. The molecular formula is C15H21ClFN3S. The molecule has 0 aromatic carbocycles. The van der Waals surface area contributed by atoms with Crippen LogP contribution >= 0.6 is 23.7 Å². The predicted octanol–water partition coefficient (Wildman–Crippen LogP) is 4.25. The van der Waals surface area contributed by atoms with Gasteiger partial charge in [0.25, 0.3) is 0 Å². The van der Waals surface area contributed by atoms with Gasteiger partial charge in [0.05, 0.1) is 11.4 Å². The maximum Gasteiger partial charge on any atom is 0.176 e. The Hall–Kier alpha value is -0.910. The van der Waals surface area contributed by atoms with Crippen molar-refractivity contribution in [1.82, 2.24) is 15.1 Å². The van der Waals surface area contributed by atoms with Crippen molar-refractivity contribution in [3.8, 4) is 0 Å². The Balaban J connectivity index is 0.00000161. The van der Waals surface area contributed by atoms with Gasteiger partial charge in [-0.05, 0) is 44.9 Å². The molecule has 3 nitrogen and oxygen atoms in total. The minimum Gasteiger partial charge on any atom is -0.306 e. The van der Waals surface area contributed by atoms with Gasteiger partial charge in [0, 0.05) is 29.9 Å². The molecule has 2 aromatic rings. The normalized spacial score (nSPS) is 14.5. The molecular weight excluding hydrogens is 309 g/mol. The zero-order chi connectivity index (χ0) is 14.1. The Morgan fingerprint density at radius 3 is 2.71 bits per heavy atom. The van der Waals surface area contributed by atoms with Crippen LogP contribution in [0.3, 0.4) is 0 Å². The highest BCUT2D eigenvalue weighted by Gasteiger charge is 2.27. The van der Waals surface area contributed by atoms with E-state index in [1.54, 1.807) is 0 Å². The molecule has 116 valence electrons. The molecule has 3 rings (SSSR count). The van der Waals surface area contributed by atoms with Gasteiger partial charge in [-0.3, -0.25) is 4.68 Å². The molecule has 0 aliphatic heterocycles. The van der Waals surface area contributed by atoms with E-state index in [0.717, 1.165) is 11.4 Å². The third-order valence-electron chi connectivity index (χ3n) is 3.55. The fourth-order valence-electron chi connectivity index (χ4n) is 2.37. The fourth-order valence-corrected chi connectivity index (χ4v) is 3.07. The third kappa shape index (κ3) is 4.05. The SMILES string of the molecule is CC(C)n1nc(C2CC2)cc1CNCc1ccc(F)s1.Cl. The number of halogens is 2. The van der Waals surface area contributed by atoms with Crippen molar-refractivity contribution in [2.75, 3.05) is 0 Å². The van der Waals surface area contributed by atoms with Crippen molar-refractivity contribution in [2.45, 2.75) is 51.7 Å². The van der Waals surface area contributed by atoms with Crippen LogP contribution < -0.4 is 5.32 Å². The summed E-state index contributed by atoms with van der Waals surface area (Å²) in [5, 5.41) is 7.98. The van der Waals surface area contributed by atoms with Gasteiger partial charge < -0.3 is 5.32 Å². The van der Waals surface area contributed by atoms with Gasteiger partial charge in [-0.2, -0.15) is 9.49 Å². The molecule has 1 N–H and O–H groups in total. The molecule has 0 amide bonds. The van der Waals surface area contributed by atoms with Gasteiger partial charge in [0.15, 0.2) is 5.13 Å². The van der Waals surface area contributed by atoms with Crippen molar-refractivity contribution in [2.24, 2.45) is 0 Å². The molecule has 6 heteroatoms. The zero-order valence-corrected chi connectivity index (χ0v) is 13.9. The minimum absolute atomic E-state index is 0. The summed E-state index contributed by atoms with van der Waals surface area (Å²) in [7, 11) is 0.